The summed E-state index contributed by atoms with van der Waals surface area (Å²) in [4.78, 5) is 5.40. The molecule has 0 saturated carbocycles. The molecule has 4 aromatic rings. The fraction of sp³-hybridized carbons (Fsp3) is 0.490. The van der Waals surface area contributed by atoms with Gasteiger partial charge in [0.05, 0.1) is 17.4 Å². The van der Waals surface area contributed by atoms with E-state index < -0.39 is 0 Å². The molecule has 55 heavy (non-hydrogen) atoms. The summed E-state index contributed by atoms with van der Waals surface area (Å²) in [6.07, 6.45) is 9.20. The van der Waals surface area contributed by atoms with Crippen LogP contribution in [0.5, 0.6) is 0 Å². The van der Waals surface area contributed by atoms with E-state index in [9.17, 15) is 0 Å². The Labute approximate surface area is 332 Å². The third-order valence-electron chi connectivity index (χ3n) is 14.3. The lowest BCUT2D eigenvalue weighted by Gasteiger charge is -2.50. The first-order chi connectivity index (χ1) is 25.7. The SMILES string of the molecule is CC1=CC2=C3B(c4cc5c(cc4N2c2ccc(C(C)(C)C)cc2)C(C)(C)CCC5(C)C)c2oc4c(c2N(c2ccc(C(C)(C)C)cc2C)C3C1)CC(C)CC4. The molecule has 0 spiro atoms. The molecule has 3 heterocycles. The van der Waals surface area contributed by atoms with Crippen molar-refractivity contribution in [1.82, 2.24) is 0 Å². The van der Waals surface area contributed by atoms with Gasteiger partial charge >= 0.3 is 0 Å². The molecule has 2 unspecified atom stereocenters. The zero-order valence-electron chi connectivity index (χ0n) is 36.1. The van der Waals surface area contributed by atoms with Crippen LogP contribution in [0.4, 0.5) is 22.7 Å². The van der Waals surface area contributed by atoms with Gasteiger partial charge in [-0.1, -0.05) is 112 Å². The molecule has 0 amide bonds. The Morgan fingerprint density at radius 1 is 0.764 bits per heavy atom. The van der Waals surface area contributed by atoms with Crippen molar-refractivity contribution >= 4 is 40.6 Å². The highest BCUT2D eigenvalue weighted by Gasteiger charge is 2.53. The molecule has 286 valence electrons. The highest BCUT2D eigenvalue weighted by atomic mass is 16.3. The second-order valence-electron chi connectivity index (χ2n) is 21.5. The predicted octanol–water partition coefficient (Wildman–Crippen LogP) is 12.1. The fourth-order valence-corrected chi connectivity index (χ4v) is 10.8. The molecule has 5 aliphatic rings. The first-order valence-electron chi connectivity index (χ1n) is 21.3. The molecule has 3 nitrogen and oxygen atoms in total. The monoisotopic (exact) mass is 731 g/mol. The van der Waals surface area contributed by atoms with Gasteiger partial charge in [-0.05, 0) is 143 Å². The summed E-state index contributed by atoms with van der Waals surface area (Å²) in [6.45, 7) is 31.0. The third-order valence-corrected chi connectivity index (χ3v) is 14.3. The van der Waals surface area contributed by atoms with E-state index in [0.717, 1.165) is 19.3 Å². The smallest absolute Gasteiger partial charge is 0.292 e. The number of hydrogen-bond acceptors (Lipinski definition) is 3. The van der Waals surface area contributed by atoms with Gasteiger partial charge in [0.25, 0.3) is 6.71 Å². The first kappa shape index (κ1) is 36.7. The van der Waals surface area contributed by atoms with Crippen molar-refractivity contribution in [3.63, 3.8) is 0 Å². The average molecular weight is 731 g/mol. The van der Waals surface area contributed by atoms with E-state index >= 15 is 0 Å². The van der Waals surface area contributed by atoms with Crippen LogP contribution in [0.15, 0.2) is 81.8 Å². The van der Waals surface area contributed by atoms with E-state index in [2.05, 4.69) is 160 Å². The second-order valence-corrected chi connectivity index (χ2v) is 21.5. The van der Waals surface area contributed by atoms with Crippen LogP contribution in [0.2, 0.25) is 0 Å². The average Bonchev–Trinajstić information content (AvgIpc) is 3.47. The Bertz CT molecular complexity index is 2300. The van der Waals surface area contributed by atoms with Gasteiger partial charge in [-0.25, -0.2) is 0 Å². The van der Waals surface area contributed by atoms with Gasteiger partial charge in [0, 0.05) is 34.7 Å². The first-order valence-corrected chi connectivity index (χ1v) is 21.3. The molecule has 1 aromatic heterocycles. The molecule has 0 saturated heterocycles. The molecule has 9 rings (SSSR count). The Morgan fingerprint density at radius 3 is 2.04 bits per heavy atom. The number of nitrogens with zero attached hydrogens (tertiary/aromatic N) is 2. The van der Waals surface area contributed by atoms with Gasteiger partial charge in [-0.3, -0.25) is 0 Å². The number of anilines is 4. The van der Waals surface area contributed by atoms with Gasteiger partial charge in [-0.15, -0.1) is 0 Å². The van der Waals surface area contributed by atoms with E-state index in [1.165, 1.54) is 109 Å². The third kappa shape index (κ3) is 5.66. The van der Waals surface area contributed by atoms with E-state index in [-0.39, 0.29) is 34.4 Å². The number of hydrogen-bond donors (Lipinski definition) is 0. The van der Waals surface area contributed by atoms with Crippen molar-refractivity contribution in [3.05, 3.63) is 117 Å². The number of fused-ring (bicyclic) bond motifs is 7. The van der Waals surface area contributed by atoms with Crippen LogP contribution < -0.4 is 20.9 Å². The van der Waals surface area contributed by atoms with E-state index in [1.54, 1.807) is 0 Å². The normalized spacial score (nSPS) is 22.4. The number of allylic oxidation sites excluding steroid dienone is 1. The van der Waals surface area contributed by atoms with Gasteiger partial charge < -0.3 is 14.2 Å². The second kappa shape index (κ2) is 12.0. The number of benzene rings is 3. The van der Waals surface area contributed by atoms with E-state index in [0.29, 0.717) is 5.92 Å². The lowest BCUT2D eigenvalue weighted by Crippen LogP contribution is -2.61. The van der Waals surface area contributed by atoms with Crippen LogP contribution in [0.25, 0.3) is 0 Å². The van der Waals surface area contributed by atoms with Crippen molar-refractivity contribution in [3.8, 4) is 0 Å². The van der Waals surface area contributed by atoms with Crippen LogP contribution in [0, 0.1) is 12.8 Å². The van der Waals surface area contributed by atoms with Crippen molar-refractivity contribution < 1.29 is 4.42 Å². The highest BCUT2D eigenvalue weighted by Crippen LogP contribution is 2.53. The minimum Gasteiger partial charge on any atom is -0.473 e. The predicted molar refractivity (Wildman–Crippen MR) is 235 cm³/mol. The maximum absolute atomic E-state index is 7.38. The largest absolute Gasteiger partial charge is 0.473 e. The van der Waals surface area contributed by atoms with E-state index in [4.69, 9.17) is 4.42 Å². The van der Waals surface area contributed by atoms with Gasteiger partial charge in [0.2, 0.25) is 0 Å². The molecule has 4 heteroatoms. The maximum Gasteiger partial charge on any atom is 0.292 e. The molecule has 3 aromatic carbocycles. The van der Waals surface area contributed by atoms with Crippen molar-refractivity contribution in [2.24, 2.45) is 5.92 Å². The Balaban J connectivity index is 1.37. The van der Waals surface area contributed by atoms with Crippen LogP contribution in [-0.4, -0.2) is 12.8 Å². The Morgan fingerprint density at radius 2 is 1.40 bits per heavy atom. The minimum absolute atomic E-state index is 0.0666. The van der Waals surface area contributed by atoms with Crippen LogP contribution in [0.3, 0.4) is 0 Å². The summed E-state index contributed by atoms with van der Waals surface area (Å²) in [5, 5.41) is 0. The maximum atomic E-state index is 7.38. The molecule has 3 aliphatic carbocycles. The molecule has 2 aliphatic heterocycles. The summed E-state index contributed by atoms with van der Waals surface area (Å²) in [5.74, 6) is 1.87. The molecular weight excluding hydrogens is 667 g/mol. The van der Waals surface area contributed by atoms with Gasteiger partial charge in [-0.2, -0.15) is 0 Å². The van der Waals surface area contributed by atoms with Crippen LogP contribution in [0.1, 0.15) is 148 Å². The Kier molecular flexibility index (Phi) is 8.04. The van der Waals surface area contributed by atoms with Crippen molar-refractivity contribution in [2.75, 3.05) is 9.80 Å². The molecule has 2 atom stereocenters. The fourth-order valence-electron chi connectivity index (χ4n) is 10.8. The summed E-state index contributed by atoms with van der Waals surface area (Å²) < 4.78 is 7.38. The summed E-state index contributed by atoms with van der Waals surface area (Å²) in [7, 11) is 0. The standard InChI is InChI=1S/C51H63BN2O/c1-30-14-21-44-36(24-30)46-47(55-44)52-39-28-37-38(51(12,13)23-22-50(37,10)11)29-41(39)53(35-18-15-33(16-19-35)48(4,5)6)42-25-31(2)26-43(45(42)52)54(46)40-20-17-34(27-32(40)3)49(7,8)9/h15-20,25,27-30,43H,14,21-24,26H2,1-13H3. The lowest BCUT2D eigenvalue weighted by atomic mass is 9.32. The molecule has 0 radical (unpaired) electrons. The van der Waals surface area contributed by atoms with Crippen molar-refractivity contribution in [1.29, 1.82) is 0 Å². The minimum atomic E-state index is 0.0666. The van der Waals surface area contributed by atoms with Crippen molar-refractivity contribution in [2.45, 2.75) is 156 Å². The van der Waals surface area contributed by atoms with Gasteiger partial charge in [0.15, 0.2) is 0 Å². The summed E-state index contributed by atoms with van der Waals surface area (Å²) >= 11 is 0. The molecule has 0 fully saturated rings. The summed E-state index contributed by atoms with van der Waals surface area (Å²) in [6, 6.07) is 22.2. The van der Waals surface area contributed by atoms with E-state index in [1.807, 2.05) is 0 Å². The quantitative estimate of drug-likeness (QED) is 0.192. The topological polar surface area (TPSA) is 19.6 Å². The molecule has 0 N–H and O–H groups in total. The summed E-state index contributed by atoms with van der Waals surface area (Å²) in [5.41, 5.74) is 21.1. The number of aryl methyl sites for hydroxylation is 2. The highest BCUT2D eigenvalue weighted by molar-refractivity contribution is 6.93. The zero-order chi connectivity index (χ0) is 39.1. The number of rotatable bonds is 2. The van der Waals surface area contributed by atoms with Crippen LogP contribution in [-0.2, 0) is 34.5 Å². The molecular formula is C51H63BN2O. The lowest BCUT2D eigenvalue weighted by molar-refractivity contribution is 0.332. The van der Waals surface area contributed by atoms with Crippen LogP contribution >= 0.6 is 0 Å². The number of furan rings is 1. The zero-order valence-corrected chi connectivity index (χ0v) is 36.1. The molecule has 0 bridgehead atoms. The Hall–Kier alpha value is -3.92. The van der Waals surface area contributed by atoms with Gasteiger partial charge in [0.1, 0.15) is 5.76 Å².